The molecule has 0 atom stereocenters. The average molecular weight is 429 g/mol. The van der Waals surface area contributed by atoms with Gasteiger partial charge in [0.05, 0.1) is 6.21 Å². The number of nitrogens with zero attached hydrogens (tertiary/aromatic N) is 1. The van der Waals surface area contributed by atoms with Crippen molar-refractivity contribution in [2.75, 3.05) is 6.61 Å². The van der Waals surface area contributed by atoms with Crippen LogP contribution in [0.1, 0.15) is 11.1 Å². The molecule has 0 aromatic heterocycles. The van der Waals surface area contributed by atoms with Gasteiger partial charge < -0.3 is 9.47 Å². The number of ether oxygens (including phenoxy) is 2. The Kier molecular flexibility index (Phi) is 7.50. The minimum Gasteiger partial charge on any atom is -0.489 e. The second kappa shape index (κ2) is 10.5. The summed E-state index contributed by atoms with van der Waals surface area (Å²) < 4.78 is 11.1. The average Bonchev–Trinajstić information content (AvgIpc) is 2.74. The molecular weight excluding hydrogens is 411 g/mol. The third kappa shape index (κ3) is 6.82. The van der Waals surface area contributed by atoms with E-state index in [1.165, 1.54) is 6.21 Å². The van der Waals surface area contributed by atoms with Crippen LogP contribution < -0.4 is 14.9 Å². The van der Waals surface area contributed by atoms with Crippen molar-refractivity contribution >= 4 is 35.3 Å². The smallest absolute Gasteiger partial charge is 0.277 e. The molecule has 0 heterocycles. The van der Waals surface area contributed by atoms with Crippen molar-refractivity contribution in [2.45, 2.75) is 6.61 Å². The van der Waals surface area contributed by atoms with Crippen molar-refractivity contribution in [3.8, 4) is 11.5 Å². The molecule has 0 unspecified atom stereocenters. The summed E-state index contributed by atoms with van der Waals surface area (Å²) in [6, 6.07) is 21.6. The third-order valence-corrected chi connectivity index (χ3v) is 4.44. The van der Waals surface area contributed by atoms with Gasteiger partial charge in [-0.05, 0) is 60.2 Å². The Hall–Kier alpha value is -3.02. The molecule has 1 N–H and O–H groups in total. The van der Waals surface area contributed by atoms with E-state index < -0.39 is 0 Å². The molecule has 5 nitrogen and oxygen atoms in total. The molecule has 3 rings (SSSR count). The summed E-state index contributed by atoms with van der Waals surface area (Å²) in [5, 5.41) is 5.20. The molecule has 0 fully saturated rings. The molecule has 0 aliphatic heterocycles. The van der Waals surface area contributed by atoms with Crippen LogP contribution >= 0.6 is 23.2 Å². The largest absolute Gasteiger partial charge is 0.489 e. The van der Waals surface area contributed by atoms with E-state index in [1.807, 2.05) is 48.5 Å². The zero-order chi connectivity index (χ0) is 20.5. The summed E-state index contributed by atoms with van der Waals surface area (Å²) >= 11 is 11.9. The van der Waals surface area contributed by atoms with E-state index in [0.29, 0.717) is 28.2 Å². The lowest BCUT2D eigenvalue weighted by molar-refractivity contribution is -0.123. The normalized spacial score (nSPS) is 10.7. The number of carbonyl (C=O) groups is 1. The second-order valence-corrected chi connectivity index (χ2v) is 6.83. The highest BCUT2D eigenvalue weighted by atomic mass is 35.5. The Labute approximate surface area is 178 Å². The first kappa shape index (κ1) is 20.7. The van der Waals surface area contributed by atoms with E-state index in [-0.39, 0.29) is 12.5 Å². The van der Waals surface area contributed by atoms with Crippen LogP contribution in [0.15, 0.2) is 77.9 Å². The van der Waals surface area contributed by atoms with E-state index in [9.17, 15) is 4.79 Å². The van der Waals surface area contributed by atoms with Gasteiger partial charge in [0.15, 0.2) is 6.61 Å². The molecule has 3 aromatic carbocycles. The van der Waals surface area contributed by atoms with Crippen molar-refractivity contribution in [3.63, 3.8) is 0 Å². The molecule has 0 aliphatic rings. The van der Waals surface area contributed by atoms with Crippen LogP contribution in [0.5, 0.6) is 11.5 Å². The third-order valence-electron chi connectivity index (χ3n) is 3.82. The molecule has 0 bridgehead atoms. The van der Waals surface area contributed by atoms with E-state index in [1.54, 1.807) is 24.3 Å². The van der Waals surface area contributed by atoms with Crippen molar-refractivity contribution in [2.24, 2.45) is 5.10 Å². The van der Waals surface area contributed by atoms with Gasteiger partial charge in [-0.15, -0.1) is 0 Å². The number of carbonyl (C=O) groups excluding carboxylic acids is 1. The zero-order valence-electron chi connectivity index (χ0n) is 15.3. The quantitative estimate of drug-likeness (QED) is 0.400. The van der Waals surface area contributed by atoms with Crippen LogP contribution in [0.3, 0.4) is 0 Å². The highest BCUT2D eigenvalue weighted by molar-refractivity contribution is 6.31. The summed E-state index contributed by atoms with van der Waals surface area (Å²) in [5.41, 5.74) is 4.15. The Morgan fingerprint density at radius 3 is 2.28 bits per heavy atom. The Balaban J connectivity index is 1.42. The molecule has 0 aliphatic carbocycles. The number of hydrazone groups is 1. The number of nitrogens with one attached hydrogen (secondary N) is 1. The summed E-state index contributed by atoms with van der Waals surface area (Å²) in [5.74, 6) is 0.902. The minimum absolute atomic E-state index is 0.145. The lowest BCUT2D eigenvalue weighted by Gasteiger charge is -2.07. The molecule has 0 radical (unpaired) electrons. The monoisotopic (exact) mass is 428 g/mol. The summed E-state index contributed by atoms with van der Waals surface area (Å²) in [7, 11) is 0. The van der Waals surface area contributed by atoms with Crippen LogP contribution in [-0.4, -0.2) is 18.7 Å². The fourth-order valence-corrected chi connectivity index (χ4v) is 2.63. The maximum Gasteiger partial charge on any atom is 0.277 e. The van der Waals surface area contributed by atoms with Gasteiger partial charge in [0, 0.05) is 15.6 Å². The van der Waals surface area contributed by atoms with Crippen LogP contribution in [-0.2, 0) is 11.4 Å². The number of amides is 1. The van der Waals surface area contributed by atoms with Gasteiger partial charge in [-0.3, -0.25) is 4.79 Å². The fourth-order valence-electron chi connectivity index (χ4n) is 2.32. The second-order valence-electron chi connectivity index (χ2n) is 5.98. The van der Waals surface area contributed by atoms with Gasteiger partial charge in [-0.25, -0.2) is 5.43 Å². The van der Waals surface area contributed by atoms with Gasteiger partial charge in [-0.2, -0.15) is 5.10 Å². The molecule has 1 amide bonds. The summed E-state index contributed by atoms with van der Waals surface area (Å²) in [4.78, 5) is 11.8. The SMILES string of the molecule is O=C(COc1ccc(Cl)cc1)N/N=C\c1ccc(OCc2ccccc2Cl)cc1. The molecule has 0 spiro atoms. The maximum absolute atomic E-state index is 11.8. The van der Waals surface area contributed by atoms with Crippen molar-refractivity contribution < 1.29 is 14.3 Å². The van der Waals surface area contributed by atoms with Gasteiger partial charge in [-0.1, -0.05) is 41.4 Å². The topological polar surface area (TPSA) is 59.9 Å². The number of hydrogen-bond donors (Lipinski definition) is 1. The first-order valence-corrected chi connectivity index (χ1v) is 9.52. The van der Waals surface area contributed by atoms with Crippen molar-refractivity contribution in [1.29, 1.82) is 0 Å². The van der Waals surface area contributed by atoms with Crippen LogP contribution in [0.25, 0.3) is 0 Å². The lowest BCUT2D eigenvalue weighted by atomic mass is 10.2. The van der Waals surface area contributed by atoms with E-state index in [2.05, 4.69) is 10.5 Å². The van der Waals surface area contributed by atoms with Crippen molar-refractivity contribution in [1.82, 2.24) is 5.43 Å². The first-order chi connectivity index (χ1) is 14.1. The van der Waals surface area contributed by atoms with Gasteiger partial charge >= 0.3 is 0 Å². The molecule has 29 heavy (non-hydrogen) atoms. The number of hydrogen-bond acceptors (Lipinski definition) is 4. The predicted octanol–water partition coefficient (Wildman–Crippen LogP) is 5.10. The Bertz CT molecular complexity index is 974. The van der Waals surface area contributed by atoms with Crippen LogP contribution in [0.4, 0.5) is 0 Å². The first-order valence-electron chi connectivity index (χ1n) is 8.77. The predicted molar refractivity (Wildman–Crippen MR) is 115 cm³/mol. The number of rotatable bonds is 8. The zero-order valence-corrected chi connectivity index (χ0v) is 16.9. The lowest BCUT2D eigenvalue weighted by Crippen LogP contribution is -2.24. The van der Waals surface area contributed by atoms with Gasteiger partial charge in [0.2, 0.25) is 0 Å². The molecule has 148 valence electrons. The minimum atomic E-state index is -0.365. The summed E-state index contributed by atoms with van der Waals surface area (Å²) in [6.45, 7) is 0.241. The summed E-state index contributed by atoms with van der Waals surface area (Å²) in [6.07, 6.45) is 1.54. The standard InChI is InChI=1S/C22H18Cl2N2O3/c23-18-7-11-20(12-8-18)29-15-22(27)26-25-13-16-5-9-19(10-6-16)28-14-17-3-1-2-4-21(17)24/h1-13H,14-15H2,(H,26,27)/b25-13-. The molecule has 0 saturated heterocycles. The highest BCUT2D eigenvalue weighted by Crippen LogP contribution is 2.19. The van der Waals surface area contributed by atoms with Gasteiger partial charge in [0.1, 0.15) is 18.1 Å². The van der Waals surface area contributed by atoms with Crippen molar-refractivity contribution in [3.05, 3.63) is 94.0 Å². The maximum atomic E-state index is 11.8. The molecule has 7 heteroatoms. The van der Waals surface area contributed by atoms with E-state index in [0.717, 1.165) is 11.1 Å². The molecular formula is C22H18Cl2N2O3. The fraction of sp³-hybridized carbons (Fsp3) is 0.0909. The van der Waals surface area contributed by atoms with Crippen LogP contribution in [0.2, 0.25) is 10.0 Å². The Morgan fingerprint density at radius 2 is 1.55 bits per heavy atom. The molecule has 3 aromatic rings. The van der Waals surface area contributed by atoms with Gasteiger partial charge in [0.25, 0.3) is 5.91 Å². The van der Waals surface area contributed by atoms with E-state index in [4.69, 9.17) is 32.7 Å². The van der Waals surface area contributed by atoms with E-state index >= 15 is 0 Å². The molecule has 0 saturated carbocycles. The number of halogens is 2. The highest BCUT2D eigenvalue weighted by Gasteiger charge is 2.02. The van der Waals surface area contributed by atoms with Crippen LogP contribution in [0, 0.1) is 0 Å². The Morgan fingerprint density at radius 1 is 0.897 bits per heavy atom. The number of benzene rings is 3.